The number of ether oxygens (including phenoxy) is 1. The SMILES string of the molecule is CC1(C)CCCN(c2cnc3c(-c4ccccc4Cl)[nH]nc3n2)CC1.CC1CCCN(c2cnc3c(-c4ccccc4Cl)[nH]nc3n2)CC1.CCC1(C)CCN(c2cnc3c(-c4ccc(C(=O)N(C)C)cc4)[nH]nc3n2)CC1.CCC1(C)CCN(c2cnc3c(-c4cccc(C)c4F)[nH]nc3n2)CC1.CCC1(C)CCN(c2cnc3c(-c4cccc(OC(F)(F)F)c4F)[nH]nc3n2)CC1. The molecule has 15 heterocycles. The molecule has 5 aliphatic rings. The van der Waals surface area contributed by atoms with Gasteiger partial charge < -0.3 is 34.1 Å². The summed E-state index contributed by atoms with van der Waals surface area (Å²) in [5, 5.41) is 37.5. The van der Waals surface area contributed by atoms with Crippen LogP contribution >= 0.6 is 23.2 Å². The molecular weight excluding hydrogens is 1750 g/mol. The highest BCUT2D eigenvalue weighted by atomic mass is 35.5. The molecule has 0 aliphatic carbocycles. The standard InChI is InChI=1S/C22H28N6O.C20H21F4N5O.C20H24FN5.C19H22ClN5.C18H20ClN5/c1-5-22(2)10-12-28(13-11-22)17-14-23-19-18(25-26-20(19)24-17)15-6-8-16(9-7-15)21(29)27(3)4;1-3-19(2)7-9-29(10-8-19)14-11-25-17-16(27-28-18(17)26-14)12-5-4-6-13(15(12)21)30-20(22,23)24;1-4-20(3)8-10-26(11-9-20)15-12-22-18-17(24-25-19(18)23-15)14-7-5-6-13(2)16(14)21;1-19(2)8-5-10-25(11-9-19)15-12-21-17-16(23-24-18(17)22-15)13-6-3-4-7-14(13)20;1-12-5-4-9-24(10-8-12)15-11-20-17-16(22-23-18(17)21-15)13-6-2-3-7-14(13)19/h6-9,14H,5,10-13H2,1-4H3,(H,24,25,26);4-6,11H,3,7-10H2,1-2H3,(H,26,27,28);5-7,12H,4,8-11H2,1-3H3,(H,23,24,25);3-4,6-7,12H,5,8-11H2,1-2H3,(H,22,23,24);2-3,6-7,11-12H,4-5,8-10H2,1H3,(H,21,22,23). The van der Waals surface area contributed by atoms with Crippen molar-refractivity contribution in [3.63, 3.8) is 0 Å². The summed E-state index contributed by atoms with van der Waals surface area (Å²) in [7, 11) is 3.49. The summed E-state index contributed by atoms with van der Waals surface area (Å²) in [6.45, 7) is 32.3. The quantitative estimate of drug-likeness (QED) is 0.0595. The number of carbonyl (C=O) groups excluding carboxylic acids is 1. The van der Waals surface area contributed by atoms with E-state index in [2.05, 4.69) is 177 Å². The molecule has 1 unspecified atom stereocenters. The maximum atomic E-state index is 14.6. The van der Waals surface area contributed by atoms with Crippen molar-refractivity contribution in [3.05, 3.63) is 173 Å². The molecule has 702 valence electrons. The predicted octanol–water partition coefficient (Wildman–Crippen LogP) is 22.3. The second kappa shape index (κ2) is 40.3. The average Bonchev–Trinajstić information content (AvgIpc) is 1.64. The summed E-state index contributed by atoms with van der Waals surface area (Å²) < 4.78 is 70.4. The molecule has 5 aromatic carbocycles. The number of aromatic amines is 5. The third kappa shape index (κ3) is 21.4. The molecule has 5 saturated heterocycles. The van der Waals surface area contributed by atoms with Crippen molar-refractivity contribution in [2.24, 2.45) is 27.6 Å². The Labute approximate surface area is 785 Å². The van der Waals surface area contributed by atoms with Crippen LogP contribution in [0.1, 0.15) is 175 Å². The Hall–Kier alpha value is -12.7. The van der Waals surface area contributed by atoms with Crippen LogP contribution in [0.3, 0.4) is 0 Å². The fraction of sp³-hybridized carbons (Fsp3) is 0.434. The Morgan fingerprint density at radius 1 is 0.425 bits per heavy atom. The number of alkyl halides is 3. The molecule has 28 nitrogen and oxygen atoms in total. The Morgan fingerprint density at radius 2 is 0.769 bits per heavy atom. The number of aromatic nitrogens is 20. The van der Waals surface area contributed by atoms with Crippen molar-refractivity contribution in [1.29, 1.82) is 0 Å². The van der Waals surface area contributed by atoms with Gasteiger partial charge in [0.05, 0.1) is 69.5 Å². The van der Waals surface area contributed by atoms with Gasteiger partial charge in [0.15, 0.2) is 11.6 Å². The summed E-state index contributed by atoms with van der Waals surface area (Å²) in [6, 6.07) is 31.7. The number of hydrogen-bond donors (Lipinski definition) is 5. The van der Waals surface area contributed by atoms with Crippen LogP contribution in [0.5, 0.6) is 5.75 Å². The number of nitrogens with zero attached hydrogens (tertiary/aromatic N) is 21. The van der Waals surface area contributed by atoms with Gasteiger partial charge in [-0.05, 0) is 160 Å². The lowest BCUT2D eigenvalue weighted by molar-refractivity contribution is -0.275. The predicted molar refractivity (Wildman–Crippen MR) is 520 cm³/mol. The van der Waals surface area contributed by atoms with E-state index in [1.165, 1.54) is 69.9 Å². The minimum Gasteiger partial charge on any atom is -0.403 e. The normalized spacial score (nSPS) is 17.2. The van der Waals surface area contributed by atoms with E-state index in [1.54, 1.807) is 50.4 Å². The zero-order chi connectivity index (χ0) is 94.4. The highest BCUT2D eigenvalue weighted by Crippen LogP contribution is 2.43. The molecule has 0 radical (unpaired) electrons. The first-order valence-electron chi connectivity index (χ1n) is 46.3. The van der Waals surface area contributed by atoms with E-state index in [-0.39, 0.29) is 34.1 Å². The molecule has 0 spiro atoms. The molecule has 134 heavy (non-hydrogen) atoms. The van der Waals surface area contributed by atoms with Crippen molar-refractivity contribution in [2.75, 3.05) is 104 Å². The lowest BCUT2D eigenvalue weighted by atomic mass is 9.78. The molecular formula is C99H115Cl2F5N26O2. The summed E-state index contributed by atoms with van der Waals surface area (Å²) in [6.07, 6.45) is 21.5. The number of rotatable bonds is 15. The van der Waals surface area contributed by atoms with E-state index in [0.29, 0.717) is 88.0 Å². The lowest BCUT2D eigenvalue weighted by Crippen LogP contribution is -2.38. The molecule has 5 N–H and O–H groups in total. The van der Waals surface area contributed by atoms with Gasteiger partial charge in [0, 0.05) is 113 Å². The Morgan fingerprint density at radius 3 is 1.16 bits per heavy atom. The van der Waals surface area contributed by atoms with Crippen LogP contribution < -0.4 is 29.2 Å². The van der Waals surface area contributed by atoms with Gasteiger partial charge in [0.25, 0.3) is 5.91 Å². The molecule has 5 fully saturated rings. The van der Waals surface area contributed by atoms with Gasteiger partial charge in [-0.25, -0.2) is 58.6 Å². The minimum absolute atomic E-state index is 0.0174. The van der Waals surface area contributed by atoms with Crippen LogP contribution in [-0.2, 0) is 0 Å². The number of nitrogens with one attached hydrogen (secondary N) is 5. The second-order valence-electron chi connectivity index (χ2n) is 37.8. The van der Waals surface area contributed by atoms with Crippen molar-refractivity contribution in [1.82, 2.24) is 106 Å². The summed E-state index contributed by atoms with van der Waals surface area (Å²) in [5.41, 5.74) is 14.9. The fourth-order valence-corrected chi connectivity index (χ4v) is 18.3. The van der Waals surface area contributed by atoms with Gasteiger partial charge in [-0.2, -0.15) is 25.5 Å². The van der Waals surface area contributed by atoms with E-state index in [9.17, 15) is 26.7 Å². The average molecular weight is 1870 g/mol. The topological polar surface area (TPSA) is 318 Å². The summed E-state index contributed by atoms with van der Waals surface area (Å²) in [5.74, 6) is 2.67. The summed E-state index contributed by atoms with van der Waals surface area (Å²) in [4.78, 5) is 71.3. The van der Waals surface area contributed by atoms with Crippen LogP contribution in [0.4, 0.5) is 51.0 Å². The molecule has 0 bridgehead atoms. The van der Waals surface area contributed by atoms with Crippen molar-refractivity contribution >= 4 is 114 Å². The molecule has 35 heteroatoms. The van der Waals surface area contributed by atoms with Gasteiger partial charge in [-0.15, -0.1) is 13.2 Å². The number of fused-ring (bicyclic) bond motifs is 5. The smallest absolute Gasteiger partial charge is 0.403 e. The monoisotopic (exact) mass is 1860 g/mol. The van der Waals surface area contributed by atoms with Gasteiger partial charge in [0.2, 0.25) is 28.2 Å². The first kappa shape index (κ1) is 94.5. The largest absolute Gasteiger partial charge is 0.573 e. The third-order valence-corrected chi connectivity index (χ3v) is 28.4. The summed E-state index contributed by atoms with van der Waals surface area (Å²) >= 11 is 12.6. The maximum Gasteiger partial charge on any atom is 0.573 e. The zero-order valence-electron chi connectivity index (χ0n) is 77.9. The van der Waals surface area contributed by atoms with Crippen LogP contribution in [0.2, 0.25) is 10.0 Å². The second-order valence-corrected chi connectivity index (χ2v) is 38.6. The Kier molecular flexibility index (Phi) is 28.4. The first-order valence-corrected chi connectivity index (χ1v) is 47.0. The first-order chi connectivity index (χ1) is 64.3. The Balaban J connectivity index is 0.000000122. The molecule has 1 amide bonds. The number of piperidine rings is 3. The number of benzene rings is 5. The van der Waals surface area contributed by atoms with Gasteiger partial charge in [-0.3, -0.25) is 30.3 Å². The van der Waals surface area contributed by atoms with E-state index < -0.39 is 17.9 Å². The number of H-pyrrole nitrogens is 5. The van der Waals surface area contributed by atoms with Gasteiger partial charge in [0.1, 0.15) is 62.5 Å². The van der Waals surface area contributed by atoms with Gasteiger partial charge >= 0.3 is 6.36 Å². The van der Waals surface area contributed by atoms with E-state index in [1.807, 2.05) is 97.5 Å². The van der Waals surface area contributed by atoms with Crippen molar-refractivity contribution in [2.45, 2.75) is 172 Å². The number of aryl methyl sites for hydroxylation is 1. The van der Waals surface area contributed by atoms with Crippen molar-refractivity contribution in [3.8, 4) is 62.0 Å². The number of anilines is 5. The molecule has 15 aromatic rings. The third-order valence-electron chi connectivity index (χ3n) is 27.7. The molecule has 0 saturated carbocycles. The number of carbonyl (C=O) groups is 1. The Bertz CT molecular complexity index is 6610. The van der Waals surface area contributed by atoms with Crippen LogP contribution in [0, 0.1) is 46.1 Å². The van der Waals surface area contributed by atoms with E-state index in [4.69, 9.17) is 38.2 Å². The molecule has 5 aliphatic heterocycles. The van der Waals surface area contributed by atoms with Crippen molar-refractivity contribution < 1.29 is 31.5 Å². The van der Waals surface area contributed by atoms with E-state index >= 15 is 0 Å². The highest BCUT2D eigenvalue weighted by molar-refractivity contribution is 6.34. The number of halogens is 7. The molecule has 20 rings (SSSR count). The fourth-order valence-electron chi connectivity index (χ4n) is 17.8. The maximum absolute atomic E-state index is 14.6. The van der Waals surface area contributed by atoms with Crippen LogP contribution in [0.15, 0.2) is 140 Å². The number of amides is 1. The zero-order valence-corrected chi connectivity index (χ0v) is 79.4. The lowest BCUT2D eigenvalue weighted by Gasteiger charge is -2.39. The minimum atomic E-state index is -4.99. The van der Waals surface area contributed by atoms with Gasteiger partial charge in [-0.1, -0.05) is 172 Å². The molecule has 1 atom stereocenters. The van der Waals surface area contributed by atoms with E-state index in [0.717, 1.165) is 190 Å². The highest BCUT2D eigenvalue weighted by Gasteiger charge is 2.36. The van der Waals surface area contributed by atoms with Crippen LogP contribution in [-0.4, -0.2) is 198 Å². The van der Waals surface area contributed by atoms with Crippen LogP contribution in [0.25, 0.3) is 112 Å². The molecule has 10 aromatic heterocycles. The number of hydrogen-bond acceptors (Lipinski definition) is 22.